The summed E-state index contributed by atoms with van der Waals surface area (Å²) in [5, 5.41) is 2.41. The number of nitrogens with one attached hydrogen (secondary N) is 1. The Morgan fingerprint density at radius 1 is 1.29 bits per heavy atom. The Morgan fingerprint density at radius 3 is 2.68 bits per heavy atom. The van der Waals surface area contributed by atoms with E-state index in [4.69, 9.17) is 4.74 Å². The largest absolute Gasteiger partial charge is 0.454 e. The second kappa shape index (κ2) is 8.22. The van der Waals surface area contributed by atoms with E-state index in [-0.39, 0.29) is 18.4 Å². The number of benzene rings is 1. The van der Waals surface area contributed by atoms with E-state index in [0.717, 1.165) is 5.56 Å². The van der Waals surface area contributed by atoms with E-state index in [0.29, 0.717) is 18.6 Å². The first-order chi connectivity index (χ1) is 13.3. The first-order valence-electron chi connectivity index (χ1n) is 9.00. The molecule has 2 fully saturated rings. The number of amides is 3. The maximum absolute atomic E-state index is 12.6. The highest BCUT2D eigenvalue weighted by Gasteiger charge is 2.57. The van der Waals surface area contributed by atoms with E-state index in [2.05, 4.69) is 5.32 Å². The van der Waals surface area contributed by atoms with Gasteiger partial charge in [0.2, 0.25) is 11.8 Å². The number of esters is 1. The van der Waals surface area contributed by atoms with Gasteiger partial charge in [0, 0.05) is 26.3 Å². The minimum Gasteiger partial charge on any atom is -0.454 e. The number of carbonyl (C=O) groups excluding carboxylic acids is 4. The lowest BCUT2D eigenvalue weighted by molar-refractivity contribution is -0.156. The zero-order valence-corrected chi connectivity index (χ0v) is 16.7. The molecule has 8 nitrogen and oxygen atoms in total. The summed E-state index contributed by atoms with van der Waals surface area (Å²) in [6.45, 7) is -0.647. The standard InChI is InChI=1S/C19H23N3O5S/c1-21(2)17(25)10-20-15(23)11-27-18(26)14-12-28-19(9-8-16(24)22(14)19)13-6-4-3-5-7-13/h3-7,14H,8-12H2,1-2H3,(H,20,23)/t14-,19-/m1/s1. The fourth-order valence-electron chi connectivity index (χ4n) is 3.43. The minimum atomic E-state index is -0.726. The van der Waals surface area contributed by atoms with Gasteiger partial charge < -0.3 is 19.9 Å². The number of nitrogens with zero attached hydrogens (tertiary/aromatic N) is 2. The van der Waals surface area contributed by atoms with Crippen LogP contribution in [0.3, 0.4) is 0 Å². The third-order valence-corrected chi connectivity index (χ3v) is 6.50. The van der Waals surface area contributed by atoms with Crippen molar-refractivity contribution in [1.82, 2.24) is 15.1 Å². The smallest absolute Gasteiger partial charge is 0.330 e. The molecule has 2 heterocycles. The molecule has 0 bridgehead atoms. The van der Waals surface area contributed by atoms with Gasteiger partial charge in [-0.2, -0.15) is 0 Å². The van der Waals surface area contributed by atoms with Crippen molar-refractivity contribution in [3.05, 3.63) is 35.9 Å². The predicted molar refractivity (Wildman–Crippen MR) is 103 cm³/mol. The number of thioether (sulfide) groups is 1. The Balaban J connectivity index is 1.61. The van der Waals surface area contributed by atoms with Crippen LogP contribution in [0.2, 0.25) is 0 Å². The van der Waals surface area contributed by atoms with Crippen LogP contribution in [0.4, 0.5) is 0 Å². The minimum absolute atomic E-state index is 0.0863. The molecule has 0 aromatic heterocycles. The summed E-state index contributed by atoms with van der Waals surface area (Å²) >= 11 is 1.56. The van der Waals surface area contributed by atoms with Gasteiger partial charge in [0.05, 0.1) is 6.54 Å². The molecule has 1 aromatic rings. The van der Waals surface area contributed by atoms with E-state index >= 15 is 0 Å². The first-order valence-corrected chi connectivity index (χ1v) is 9.99. The number of carbonyl (C=O) groups is 4. The predicted octanol–water partition coefficient (Wildman–Crippen LogP) is 0.325. The van der Waals surface area contributed by atoms with Gasteiger partial charge in [0.1, 0.15) is 10.9 Å². The Labute approximate surface area is 167 Å². The van der Waals surface area contributed by atoms with Gasteiger partial charge in [-0.3, -0.25) is 14.4 Å². The molecule has 2 aliphatic heterocycles. The van der Waals surface area contributed by atoms with Crippen molar-refractivity contribution in [3.8, 4) is 0 Å². The third-order valence-electron chi connectivity index (χ3n) is 4.91. The topological polar surface area (TPSA) is 96.0 Å². The van der Waals surface area contributed by atoms with Crippen molar-refractivity contribution in [3.63, 3.8) is 0 Å². The average Bonchev–Trinajstić information content (AvgIpc) is 3.24. The van der Waals surface area contributed by atoms with Crippen LogP contribution in [0.25, 0.3) is 0 Å². The monoisotopic (exact) mass is 405 g/mol. The zero-order valence-electron chi connectivity index (χ0n) is 15.8. The summed E-state index contributed by atoms with van der Waals surface area (Å²) < 4.78 is 5.13. The van der Waals surface area contributed by atoms with E-state index in [9.17, 15) is 19.2 Å². The van der Waals surface area contributed by atoms with E-state index in [1.54, 1.807) is 30.8 Å². The molecule has 2 aliphatic rings. The summed E-state index contributed by atoms with van der Waals surface area (Å²) in [5.74, 6) is -1.09. The molecule has 0 spiro atoms. The Morgan fingerprint density at radius 2 is 2.00 bits per heavy atom. The Bertz CT molecular complexity index is 785. The summed E-state index contributed by atoms with van der Waals surface area (Å²) in [5.41, 5.74) is 0.987. The van der Waals surface area contributed by atoms with Crippen molar-refractivity contribution < 1.29 is 23.9 Å². The van der Waals surface area contributed by atoms with Gasteiger partial charge >= 0.3 is 5.97 Å². The maximum Gasteiger partial charge on any atom is 0.330 e. The molecule has 2 saturated heterocycles. The molecule has 28 heavy (non-hydrogen) atoms. The maximum atomic E-state index is 12.6. The fraction of sp³-hybridized carbons (Fsp3) is 0.474. The lowest BCUT2D eigenvalue weighted by Gasteiger charge is -2.33. The number of ether oxygens (including phenoxy) is 1. The van der Waals surface area contributed by atoms with Crippen molar-refractivity contribution in [2.45, 2.75) is 23.8 Å². The lowest BCUT2D eigenvalue weighted by atomic mass is 10.0. The van der Waals surface area contributed by atoms with Crippen molar-refractivity contribution in [2.24, 2.45) is 0 Å². The van der Waals surface area contributed by atoms with Crippen molar-refractivity contribution >= 4 is 35.5 Å². The first kappa shape index (κ1) is 20.2. The molecule has 0 aliphatic carbocycles. The highest BCUT2D eigenvalue weighted by Crippen LogP contribution is 2.54. The quantitative estimate of drug-likeness (QED) is 0.685. The molecule has 9 heteroatoms. The van der Waals surface area contributed by atoms with Crippen molar-refractivity contribution in [2.75, 3.05) is 33.0 Å². The molecule has 3 amide bonds. The molecular weight excluding hydrogens is 382 g/mol. The number of fused-ring (bicyclic) bond motifs is 1. The van der Waals surface area contributed by atoms with Crippen LogP contribution in [-0.2, 0) is 28.8 Å². The molecular formula is C19H23N3O5S. The van der Waals surface area contributed by atoms with Gasteiger partial charge in [-0.15, -0.1) is 11.8 Å². The van der Waals surface area contributed by atoms with E-state index < -0.39 is 29.4 Å². The van der Waals surface area contributed by atoms with Gasteiger partial charge in [0.25, 0.3) is 5.91 Å². The van der Waals surface area contributed by atoms with Crippen LogP contribution in [0.15, 0.2) is 30.3 Å². The lowest BCUT2D eigenvalue weighted by Crippen LogP contribution is -2.47. The molecule has 0 unspecified atom stereocenters. The SMILES string of the molecule is CN(C)C(=O)CNC(=O)COC(=O)[C@H]1CS[C@@]2(c3ccccc3)CCC(=O)N12. The number of rotatable bonds is 6. The average molecular weight is 405 g/mol. The molecule has 0 saturated carbocycles. The number of likely N-dealkylation sites (N-methyl/N-ethyl adjacent to an activating group) is 1. The molecule has 150 valence electrons. The highest BCUT2D eigenvalue weighted by atomic mass is 32.2. The third kappa shape index (κ3) is 3.84. The van der Waals surface area contributed by atoms with Gasteiger partial charge in [-0.05, 0) is 12.0 Å². The summed E-state index contributed by atoms with van der Waals surface area (Å²) in [7, 11) is 3.16. The number of hydrogen-bond donors (Lipinski definition) is 1. The molecule has 1 aromatic carbocycles. The van der Waals surface area contributed by atoms with Gasteiger partial charge in [-0.25, -0.2) is 4.79 Å². The second-order valence-electron chi connectivity index (χ2n) is 6.91. The van der Waals surface area contributed by atoms with Crippen LogP contribution < -0.4 is 5.32 Å². The normalized spacial score (nSPS) is 23.3. The summed E-state index contributed by atoms with van der Waals surface area (Å²) in [6, 6.07) is 8.93. The van der Waals surface area contributed by atoms with E-state index in [1.165, 1.54) is 4.90 Å². The van der Waals surface area contributed by atoms with Crippen LogP contribution >= 0.6 is 11.8 Å². The second-order valence-corrected chi connectivity index (χ2v) is 8.21. The van der Waals surface area contributed by atoms with Crippen LogP contribution in [0.1, 0.15) is 18.4 Å². The van der Waals surface area contributed by atoms with Gasteiger partial charge in [-0.1, -0.05) is 30.3 Å². The molecule has 0 radical (unpaired) electrons. The Kier molecular flexibility index (Phi) is 5.93. The highest BCUT2D eigenvalue weighted by molar-refractivity contribution is 8.00. The summed E-state index contributed by atoms with van der Waals surface area (Å²) in [4.78, 5) is 50.8. The van der Waals surface area contributed by atoms with Crippen LogP contribution in [0, 0.1) is 0 Å². The molecule has 2 atom stereocenters. The van der Waals surface area contributed by atoms with E-state index in [1.807, 2.05) is 30.3 Å². The van der Waals surface area contributed by atoms with Crippen molar-refractivity contribution in [1.29, 1.82) is 0 Å². The molecule has 3 rings (SSSR count). The van der Waals surface area contributed by atoms with Gasteiger partial charge in [0.15, 0.2) is 6.61 Å². The summed E-state index contributed by atoms with van der Waals surface area (Å²) in [6.07, 6.45) is 1.01. The van der Waals surface area contributed by atoms with Crippen LogP contribution in [-0.4, -0.2) is 72.5 Å². The molecule has 1 N–H and O–H groups in total. The fourth-order valence-corrected chi connectivity index (χ4v) is 5.07. The number of hydrogen-bond acceptors (Lipinski definition) is 6. The van der Waals surface area contributed by atoms with Crippen LogP contribution in [0.5, 0.6) is 0 Å². The Hall–Kier alpha value is -2.55. The zero-order chi connectivity index (χ0) is 20.3.